The van der Waals surface area contributed by atoms with Crippen molar-refractivity contribution in [2.24, 2.45) is 0 Å². The van der Waals surface area contributed by atoms with Crippen molar-refractivity contribution in [2.45, 2.75) is 50.7 Å². The Morgan fingerprint density at radius 3 is 2.67 bits per heavy atom. The van der Waals surface area contributed by atoms with E-state index in [0.717, 1.165) is 18.6 Å². The third-order valence-electron chi connectivity index (χ3n) is 4.20. The van der Waals surface area contributed by atoms with Crippen LogP contribution < -0.4 is 5.32 Å². The zero-order chi connectivity index (χ0) is 12.2. The zero-order valence-electron chi connectivity index (χ0n) is 11.1. The third kappa shape index (κ3) is 3.33. The maximum Gasteiger partial charge on any atom is 0.0237 e. The molecule has 1 aliphatic heterocycles. The summed E-state index contributed by atoms with van der Waals surface area (Å²) in [6.07, 6.45) is 6.93. The Labute approximate surface area is 110 Å². The molecule has 0 radical (unpaired) electrons. The number of benzene rings is 1. The third-order valence-corrected chi connectivity index (χ3v) is 4.20. The van der Waals surface area contributed by atoms with Crippen molar-refractivity contribution >= 4 is 0 Å². The monoisotopic (exact) mass is 244 g/mol. The Kier molecular flexibility index (Phi) is 3.96. The van der Waals surface area contributed by atoms with Gasteiger partial charge in [0.15, 0.2) is 0 Å². The Morgan fingerprint density at radius 2 is 1.89 bits per heavy atom. The molecular weight excluding hydrogens is 220 g/mol. The molecule has 0 aromatic heterocycles. The molecule has 1 saturated heterocycles. The molecule has 0 spiro atoms. The average molecular weight is 244 g/mol. The maximum atomic E-state index is 3.70. The van der Waals surface area contributed by atoms with Crippen LogP contribution in [0.2, 0.25) is 0 Å². The van der Waals surface area contributed by atoms with Gasteiger partial charge >= 0.3 is 0 Å². The Hall–Kier alpha value is -0.860. The van der Waals surface area contributed by atoms with Crippen LogP contribution >= 0.6 is 0 Å². The van der Waals surface area contributed by atoms with E-state index in [1.165, 1.54) is 50.8 Å². The summed E-state index contributed by atoms with van der Waals surface area (Å²) in [5.74, 6) is 0. The molecule has 0 amide bonds. The minimum atomic E-state index is 0.750. The van der Waals surface area contributed by atoms with Crippen molar-refractivity contribution in [3.05, 3.63) is 35.9 Å². The highest BCUT2D eigenvalue weighted by molar-refractivity contribution is 5.14. The molecule has 0 unspecified atom stereocenters. The van der Waals surface area contributed by atoms with Gasteiger partial charge in [-0.1, -0.05) is 36.8 Å². The van der Waals surface area contributed by atoms with Crippen molar-refractivity contribution in [2.75, 3.05) is 13.1 Å². The lowest BCUT2D eigenvalue weighted by Crippen LogP contribution is -2.45. The molecule has 18 heavy (non-hydrogen) atoms. The molecule has 1 saturated carbocycles. The van der Waals surface area contributed by atoms with E-state index in [0.29, 0.717) is 0 Å². The van der Waals surface area contributed by atoms with E-state index in [9.17, 15) is 0 Å². The summed E-state index contributed by atoms with van der Waals surface area (Å²) in [4.78, 5) is 2.67. The largest absolute Gasteiger partial charge is 0.312 e. The van der Waals surface area contributed by atoms with E-state index in [-0.39, 0.29) is 0 Å². The number of nitrogens with zero attached hydrogens (tertiary/aromatic N) is 1. The van der Waals surface area contributed by atoms with Crippen LogP contribution in [0.1, 0.15) is 37.7 Å². The Balaban J connectivity index is 1.56. The average Bonchev–Trinajstić information content (AvgIpc) is 3.23. The maximum absolute atomic E-state index is 3.70. The quantitative estimate of drug-likeness (QED) is 0.857. The number of nitrogens with one attached hydrogen (secondary N) is 1. The second-order valence-electron chi connectivity index (χ2n) is 5.79. The number of piperidine rings is 1. The van der Waals surface area contributed by atoms with E-state index in [1.54, 1.807) is 0 Å². The second kappa shape index (κ2) is 5.85. The van der Waals surface area contributed by atoms with Gasteiger partial charge < -0.3 is 5.32 Å². The Bertz CT molecular complexity index is 359. The molecule has 1 atom stereocenters. The van der Waals surface area contributed by atoms with Crippen LogP contribution in [0.3, 0.4) is 0 Å². The van der Waals surface area contributed by atoms with Crippen LogP contribution in [0.5, 0.6) is 0 Å². The van der Waals surface area contributed by atoms with Gasteiger partial charge in [0.2, 0.25) is 0 Å². The highest BCUT2D eigenvalue weighted by Gasteiger charge is 2.26. The fourth-order valence-electron chi connectivity index (χ4n) is 2.91. The SMILES string of the molecule is c1ccc(CN2CCCC[C@@H]2CNC2CC2)cc1. The van der Waals surface area contributed by atoms with Gasteiger partial charge in [-0.25, -0.2) is 0 Å². The van der Waals surface area contributed by atoms with Crippen LogP contribution in [0.25, 0.3) is 0 Å². The lowest BCUT2D eigenvalue weighted by Gasteiger charge is -2.36. The van der Waals surface area contributed by atoms with Gasteiger partial charge in [-0.15, -0.1) is 0 Å². The van der Waals surface area contributed by atoms with Crippen LogP contribution in [-0.4, -0.2) is 30.1 Å². The molecule has 1 aliphatic carbocycles. The molecule has 0 bridgehead atoms. The van der Waals surface area contributed by atoms with Gasteiger partial charge in [0.25, 0.3) is 0 Å². The molecule has 1 aromatic rings. The number of likely N-dealkylation sites (tertiary alicyclic amines) is 1. The zero-order valence-corrected chi connectivity index (χ0v) is 11.1. The molecule has 1 aromatic carbocycles. The molecule has 2 nitrogen and oxygen atoms in total. The number of hydrogen-bond donors (Lipinski definition) is 1. The van der Waals surface area contributed by atoms with Crippen LogP contribution in [0, 0.1) is 0 Å². The van der Waals surface area contributed by atoms with Crippen molar-refractivity contribution in [1.82, 2.24) is 10.2 Å². The molecular formula is C16H24N2. The number of hydrogen-bond acceptors (Lipinski definition) is 2. The first-order valence-corrected chi connectivity index (χ1v) is 7.43. The summed E-state index contributed by atoms with van der Waals surface area (Å²) < 4.78 is 0. The van der Waals surface area contributed by atoms with E-state index >= 15 is 0 Å². The van der Waals surface area contributed by atoms with Crippen LogP contribution in [-0.2, 0) is 6.54 Å². The van der Waals surface area contributed by atoms with Crippen molar-refractivity contribution in [1.29, 1.82) is 0 Å². The predicted molar refractivity (Wildman–Crippen MR) is 75.5 cm³/mol. The lowest BCUT2D eigenvalue weighted by molar-refractivity contribution is 0.137. The molecule has 2 fully saturated rings. The molecule has 1 heterocycles. The normalized spacial score (nSPS) is 25.2. The number of rotatable bonds is 5. The van der Waals surface area contributed by atoms with Crippen molar-refractivity contribution < 1.29 is 0 Å². The smallest absolute Gasteiger partial charge is 0.0237 e. The summed E-state index contributed by atoms with van der Waals surface area (Å²) in [5, 5.41) is 3.70. The lowest BCUT2D eigenvalue weighted by atomic mass is 10.0. The predicted octanol–water partition coefficient (Wildman–Crippen LogP) is 2.79. The summed E-state index contributed by atoms with van der Waals surface area (Å²) in [6.45, 7) is 3.58. The summed E-state index contributed by atoms with van der Waals surface area (Å²) in [7, 11) is 0. The second-order valence-corrected chi connectivity index (χ2v) is 5.79. The fourth-order valence-corrected chi connectivity index (χ4v) is 2.91. The van der Waals surface area contributed by atoms with Gasteiger partial charge in [-0.3, -0.25) is 4.90 Å². The summed E-state index contributed by atoms with van der Waals surface area (Å²) in [6, 6.07) is 12.5. The van der Waals surface area contributed by atoms with Crippen molar-refractivity contribution in [3.8, 4) is 0 Å². The van der Waals surface area contributed by atoms with Gasteiger partial charge in [0, 0.05) is 25.2 Å². The first-order valence-electron chi connectivity index (χ1n) is 7.43. The van der Waals surface area contributed by atoms with Gasteiger partial charge in [-0.05, 0) is 37.8 Å². The van der Waals surface area contributed by atoms with Crippen molar-refractivity contribution in [3.63, 3.8) is 0 Å². The topological polar surface area (TPSA) is 15.3 Å². The van der Waals surface area contributed by atoms with E-state index in [1.807, 2.05) is 0 Å². The molecule has 2 aliphatic rings. The van der Waals surface area contributed by atoms with Gasteiger partial charge in [0.1, 0.15) is 0 Å². The summed E-state index contributed by atoms with van der Waals surface area (Å²) >= 11 is 0. The van der Waals surface area contributed by atoms with E-state index in [2.05, 4.69) is 40.5 Å². The fraction of sp³-hybridized carbons (Fsp3) is 0.625. The van der Waals surface area contributed by atoms with Gasteiger partial charge in [-0.2, -0.15) is 0 Å². The van der Waals surface area contributed by atoms with E-state index in [4.69, 9.17) is 0 Å². The first kappa shape index (κ1) is 12.2. The highest BCUT2D eigenvalue weighted by atomic mass is 15.2. The standard InChI is InChI=1S/C16H24N2/c1-2-6-14(7-3-1)13-18-11-5-4-8-16(18)12-17-15-9-10-15/h1-3,6-7,15-17H,4-5,8-13H2/t16-/m1/s1. The molecule has 2 heteroatoms. The summed E-state index contributed by atoms with van der Waals surface area (Å²) in [5.41, 5.74) is 1.45. The minimum Gasteiger partial charge on any atom is -0.312 e. The molecule has 3 rings (SSSR count). The first-order chi connectivity index (χ1) is 8.92. The van der Waals surface area contributed by atoms with Gasteiger partial charge in [0.05, 0.1) is 0 Å². The van der Waals surface area contributed by atoms with E-state index < -0.39 is 0 Å². The molecule has 1 N–H and O–H groups in total. The van der Waals surface area contributed by atoms with Crippen LogP contribution in [0.15, 0.2) is 30.3 Å². The molecule has 98 valence electrons. The highest BCUT2D eigenvalue weighted by Crippen LogP contribution is 2.22. The van der Waals surface area contributed by atoms with Crippen LogP contribution in [0.4, 0.5) is 0 Å². The Morgan fingerprint density at radius 1 is 1.06 bits per heavy atom. The minimum absolute atomic E-state index is 0.750.